The second kappa shape index (κ2) is 12.9. The summed E-state index contributed by atoms with van der Waals surface area (Å²) in [6, 6.07) is 16.9. The van der Waals surface area contributed by atoms with Crippen molar-refractivity contribution < 1.29 is 19.1 Å². The predicted molar refractivity (Wildman–Crippen MR) is 142 cm³/mol. The monoisotopic (exact) mass is 546 g/mol. The van der Waals surface area contributed by atoms with Crippen LogP contribution in [0.4, 0.5) is 11.4 Å². The van der Waals surface area contributed by atoms with Gasteiger partial charge in [-0.15, -0.1) is 0 Å². The molecule has 0 aliphatic rings. The number of nitrogens with zero attached hydrogens (tertiary/aromatic N) is 1. The molecule has 3 aromatic rings. The predicted octanol–water partition coefficient (Wildman–Crippen LogP) is 5.32. The van der Waals surface area contributed by atoms with Gasteiger partial charge in [0.25, 0.3) is 5.91 Å². The smallest absolute Gasteiger partial charge is 0.329 e. The number of ether oxygens (including phenoxy) is 1. The molecule has 0 unspecified atom stereocenters. The molecule has 0 fully saturated rings. The maximum absolute atomic E-state index is 12.1. The van der Waals surface area contributed by atoms with Gasteiger partial charge in [0.05, 0.1) is 27.0 Å². The van der Waals surface area contributed by atoms with Gasteiger partial charge in [-0.2, -0.15) is 5.10 Å². The van der Waals surface area contributed by atoms with E-state index in [0.29, 0.717) is 17.0 Å². The molecule has 0 aromatic heterocycles. The summed E-state index contributed by atoms with van der Waals surface area (Å²) < 4.78 is 5.49. The average Bonchev–Trinajstić information content (AvgIpc) is 2.86. The molecule has 0 radical (unpaired) electrons. The van der Waals surface area contributed by atoms with E-state index in [-0.39, 0.29) is 33.3 Å². The van der Waals surface area contributed by atoms with Crippen LogP contribution in [0.25, 0.3) is 0 Å². The van der Waals surface area contributed by atoms with Crippen LogP contribution in [0.2, 0.25) is 15.1 Å². The molecule has 0 bridgehead atoms. The van der Waals surface area contributed by atoms with E-state index >= 15 is 0 Å². The maximum atomic E-state index is 12.1. The van der Waals surface area contributed by atoms with Gasteiger partial charge in [0.2, 0.25) is 0 Å². The first-order valence-electron chi connectivity index (χ1n) is 10.7. The first-order valence-corrected chi connectivity index (χ1v) is 11.8. The third-order valence-electron chi connectivity index (χ3n) is 4.75. The zero-order chi connectivity index (χ0) is 26.1. The van der Waals surface area contributed by atoms with Crippen molar-refractivity contribution in [2.45, 2.75) is 13.3 Å². The Balaban J connectivity index is 1.49. The molecular weight excluding hydrogens is 527 g/mol. The third kappa shape index (κ3) is 7.71. The number of hydrogen-bond acceptors (Lipinski definition) is 5. The van der Waals surface area contributed by atoms with Gasteiger partial charge in [0, 0.05) is 5.69 Å². The maximum Gasteiger partial charge on any atom is 0.329 e. The molecular formula is C25H21Cl3N4O4. The Morgan fingerprint density at radius 3 is 2.36 bits per heavy atom. The van der Waals surface area contributed by atoms with Crippen LogP contribution < -0.4 is 20.8 Å². The SMILES string of the molecule is CCc1ccc(NC(=O)COc2ccc(/C=N\NC(=O)C(=O)Nc3cccc(Cl)c3Cl)cc2Cl)cc1. The van der Waals surface area contributed by atoms with Crippen LogP contribution in [0, 0.1) is 0 Å². The van der Waals surface area contributed by atoms with E-state index in [1.54, 1.807) is 24.3 Å². The number of carbonyl (C=O) groups excluding carboxylic acids is 3. The molecule has 0 heterocycles. The van der Waals surface area contributed by atoms with Gasteiger partial charge in [-0.25, -0.2) is 5.43 Å². The molecule has 0 saturated heterocycles. The fraction of sp³-hybridized carbons (Fsp3) is 0.120. The van der Waals surface area contributed by atoms with Crippen molar-refractivity contribution in [2.75, 3.05) is 17.2 Å². The summed E-state index contributed by atoms with van der Waals surface area (Å²) in [5.41, 5.74) is 4.66. The number of halogens is 3. The van der Waals surface area contributed by atoms with E-state index in [0.717, 1.165) is 6.42 Å². The highest BCUT2D eigenvalue weighted by Crippen LogP contribution is 2.29. The lowest BCUT2D eigenvalue weighted by molar-refractivity contribution is -0.136. The summed E-state index contributed by atoms with van der Waals surface area (Å²) in [4.78, 5) is 36.1. The highest BCUT2D eigenvalue weighted by atomic mass is 35.5. The van der Waals surface area contributed by atoms with E-state index < -0.39 is 11.8 Å². The fourth-order valence-electron chi connectivity index (χ4n) is 2.87. The lowest BCUT2D eigenvalue weighted by atomic mass is 10.1. The van der Waals surface area contributed by atoms with E-state index in [1.807, 2.05) is 24.3 Å². The van der Waals surface area contributed by atoms with E-state index in [2.05, 4.69) is 28.1 Å². The van der Waals surface area contributed by atoms with Crippen molar-refractivity contribution in [1.29, 1.82) is 0 Å². The van der Waals surface area contributed by atoms with Crippen molar-refractivity contribution in [3.05, 3.63) is 86.9 Å². The van der Waals surface area contributed by atoms with Crippen LogP contribution in [0.1, 0.15) is 18.1 Å². The highest BCUT2D eigenvalue weighted by Gasteiger charge is 2.15. The van der Waals surface area contributed by atoms with Gasteiger partial charge in [-0.3, -0.25) is 14.4 Å². The van der Waals surface area contributed by atoms with Gasteiger partial charge in [-0.1, -0.05) is 59.9 Å². The van der Waals surface area contributed by atoms with Crippen molar-refractivity contribution in [3.8, 4) is 5.75 Å². The molecule has 11 heteroatoms. The number of nitrogens with one attached hydrogen (secondary N) is 3. The molecule has 3 amide bonds. The number of carbonyl (C=O) groups is 3. The van der Waals surface area contributed by atoms with E-state index in [9.17, 15) is 14.4 Å². The van der Waals surface area contributed by atoms with Gasteiger partial charge < -0.3 is 15.4 Å². The quantitative estimate of drug-likeness (QED) is 0.202. The molecule has 3 aromatic carbocycles. The van der Waals surface area contributed by atoms with Crippen LogP contribution in [-0.4, -0.2) is 30.5 Å². The molecule has 0 saturated carbocycles. The minimum Gasteiger partial charge on any atom is -0.482 e. The minimum atomic E-state index is -1.01. The molecule has 36 heavy (non-hydrogen) atoms. The zero-order valence-electron chi connectivity index (χ0n) is 19.0. The number of aryl methyl sites for hydroxylation is 1. The minimum absolute atomic E-state index is 0.115. The summed E-state index contributed by atoms with van der Waals surface area (Å²) in [6.07, 6.45) is 2.21. The van der Waals surface area contributed by atoms with Crippen LogP contribution in [-0.2, 0) is 20.8 Å². The summed E-state index contributed by atoms with van der Waals surface area (Å²) in [6.45, 7) is 1.82. The average molecular weight is 548 g/mol. The number of rotatable bonds is 8. The molecule has 186 valence electrons. The van der Waals surface area contributed by atoms with Crippen LogP contribution in [0.15, 0.2) is 65.8 Å². The standard InChI is InChI=1S/C25H21Cl3N4O4/c1-2-15-6-9-17(10-7-15)30-22(33)14-36-21-11-8-16(12-19(21)27)13-29-32-25(35)24(34)31-20-5-3-4-18(26)23(20)28/h3-13H,2,14H2,1H3,(H,30,33)(H,31,34)(H,32,35)/b29-13-. The third-order valence-corrected chi connectivity index (χ3v) is 5.86. The largest absolute Gasteiger partial charge is 0.482 e. The van der Waals surface area contributed by atoms with Gasteiger partial charge in [-0.05, 0) is 60.0 Å². The summed E-state index contributed by atoms with van der Waals surface area (Å²) in [5.74, 6) is -2.02. The molecule has 3 rings (SSSR count). The lowest BCUT2D eigenvalue weighted by Crippen LogP contribution is -2.32. The Labute approximate surface area is 222 Å². The Kier molecular flexibility index (Phi) is 9.69. The molecule has 0 atom stereocenters. The highest BCUT2D eigenvalue weighted by molar-refractivity contribution is 6.45. The fourth-order valence-corrected chi connectivity index (χ4v) is 3.47. The van der Waals surface area contributed by atoms with E-state index in [1.165, 1.54) is 23.9 Å². The van der Waals surface area contributed by atoms with Crippen molar-refractivity contribution in [1.82, 2.24) is 5.43 Å². The van der Waals surface area contributed by atoms with Crippen LogP contribution in [0.3, 0.4) is 0 Å². The van der Waals surface area contributed by atoms with Crippen molar-refractivity contribution in [2.24, 2.45) is 5.10 Å². The van der Waals surface area contributed by atoms with Gasteiger partial charge >= 0.3 is 11.8 Å². The number of amides is 3. The summed E-state index contributed by atoms with van der Waals surface area (Å²) >= 11 is 18.1. The lowest BCUT2D eigenvalue weighted by Gasteiger charge is -2.09. The van der Waals surface area contributed by atoms with Crippen LogP contribution in [0.5, 0.6) is 5.75 Å². The number of anilines is 2. The molecule has 0 spiro atoms. The topological polar surface area (TPSA) is 109 Å². The molecule has 8 nitrogen and oxygen atoms in total. The first-order chi connectivity index (χ1) is 17.3. The Hall–Kier alpha value is -3.59. The summed E-state index contributed by atoms with van der Waals surface area (Å²) in [5, 5.41) is 9.42. The molecule has 0 aliphatic heterocycles. The van der Waals surface area contributed by atoms with Crippen LogP contribution >= 0.6 is 34.8 Å². The zero-order valence-corrected chi connectivity index (χ0v) is 21.2. The number of hydrazone groups is 1. The second-order valence-corrected chi connectivity index (χ2v) is 8.52. The summed E-state index contributed by atoms with van der Waals surface area (Å²) in [7, 11) is 0. The second-order valence-electron chi connectivity index (χ2n) is 7.33. The van der Waals surface area contributed by atoms with Gasteiger partial charge in [0.15, 0.2) is 6.61 Å². The first kappa shape index (κ1) is 27.0. The Morgan fingerprint density at radius 2 is 1.67 bits per heavy atom. The van der Waals surface area contributed by atoms with Crippen molar-refractivity contribution >= 4 is 70.1 Å². The molecule has 3 N–H and O–H groups in total. The molecule has 0 aliphatic carbocycles. The Bertz CT molecular complexity index is 1300. The normalized spacial score (nSPS) is 10.7. The van der Waals surface area contributed by atoms with E-state index in [4.69, 9.17) is 39.5 Å². The van der Waals surface area contributed by atoms with Crippen molar-refractivity contribution in [3.63, 3.8) is 0 Å². The number of hydrogen-bond donors (Lipinski definition) is 3. The number of benzene rings is 3. The van der Waals surface area contributed by atoms with Gasteiger partial charge in [0.1, 0.15) is 5.75 Å². The Morgan fingerprint density at radius 1 is 0.917 bits per heavy atom.